The number of nitro groups is 1. The van der Waals surface area contributed by atoms with Crippen molar-refractivity contribution in [2.45, 2.75) is 45.8 Å². The number of aromatic nitrogens is 3. The third-order valence-electron chi connectivity index (χ3n) is 5.11. The van der Waals surface area contributed by atoms with Crippen molar-refractivity contribution in [2.24, 2.45) is 0 Å². The molecular formula is C23H26N6O4S. The summed E-state index contributed by atoms with van der Waals surface area (Å²) < 4.78 is 1.79. The maximum atomic E-state index is 12.6. The molecule has 0 saturated heterocycles. The van der Waals surface area contributed by atoms with E-state index in [1.165, 1.54) is 17.8 Å². The highest BCUT2D eigenvalue weighted by molar-refractivity contribution is 7.99. The number of hydrogen-bond acceptors (Lipinski definition) is 7. The second-order valence-corrected chi connectivity index (χ2v) is 8.72. The molecule has 2 aromatic carbocycles. The summed E-state index contributed by atoms with van der Waals surface area (Å²) in [6, 6.07) is 10.3. The number of benzene rings is 2. The summed E-state index contributed by atoms with van der Waals surface area (Å²) in [5.74, 6) is 0.00302. The molecule has 11 heteroatoms. The van der Waals surface area contributed by atoms with Gasteiger partial charge >= 0.3 is 0 Å². The lowest BCUT2D eigenvalue weighted by Gasteiger charge is -2.10. The minimum Gasteiger partial charge on any atom is -0.325 e. The number of nitro benzene ring substituents is 1. The monoisotopic (exact) mass is 482 g/mol. The molecule has 0 fully saturated rings. The Morgan fingerprint density at radius 1 is 1.03 bits per heavy atom. The lowest BCUT2D eigenvalue weighted by Crippen LogP contribution is -2.18. The predicted molar refractivity (Wildman–Crippen MR) is 131 cm³/mol. The van der Waals surface area contributed by atoms with Crippen LogP contribution in [0.3, 0.4) is 0 Å². The number of amides is 2. The molecular weight excluding hydrogens is 456 g/mol. The maximum Gasteiger partial charge on any atom is 0.274 e. The highest BCUT2D eigenvalue weighted by Gasteiger charge is 2.17. The lowest BCUT2D eigenvalue weighted by atomic mass is 10.1. The third kappa shape index (κ3) is 6.19. The summed E-state index contributed by atoms with van der Waals surface area (Å²) in [6.45, 7) is 8.01. The van der Waals surface area contributed by atoms with Crippen LogP contribution in [0.25, 0.3) is 0 Å². The van der Waals surface area contributed by atoms with Gasteiger partial charge in [-0.1, -0.05) is 35.5 Å². The standard InChI is InChI=1S/C23H26N6O4S/c1-5-28-20(12-21(30)25-18-9-6-14(2)10-16(18)4)26-27-23(28)34-13-22(31)24-17-8-7-15(3)19(11-17)29(32)33/h6-11H,5,12-13H2,1-4H3,(H,24,31)(H,25,30). The van der Waals surface area contributed by atoms with Gasteiger partial charge < -0.3 is 15.2 Å². The lowest BCUT2D eigenvalue weighted by molar-refractivity contribution is -0.385. The molecule has 2 N–H and O–H groups in total. The van der Waals surface area contributed by atoms with Crippen LogP contribution in [-0.4, -0.2) is 37.3 Å². The van der Waals surface area contributed by atoms with Gasteiger partial charge in [0, 0.05) is 29.5 Å². The van der Waals surface area contributed by atoms with Crippen molar-refractivity contribution in [3.05, 3.63) is 69.0 Å². The first kappa shape index (κ1) is 24.9. The Bertz CT molecular complexity index is 1240. The van der Waals surface area contributed by atoms with Gasteiger partial charge in [0.1, 0.15) is 5.82 Å². The van der Waals surface area contributed by atoms with Gasteiger partial charge in [-0.2, -0.15) is 0 Å². The van der Waals surface area contributed by atoms with E-state index < -0.39 is 4.92 Å². The summed E-state index contributed by atoms with van der Waals surface area (Å²) >= 11 is 1.18. The topological polar surface area (TPSA) is 132 Å². The van der Waals surface area contributed by atoms with Crippen LogP contribution in [0.2, 0.25) is 0 Å². The van der Waals surface area contributed by atoms with Crippen LogP contribution >= 0.6 is 11.8 Å². The fraction of sp³-hybridized carbons (Fsp3) is 0.304. The summed E-state index contributed by atoms with van der Waals surface area (Å²) in [5.41, 5.74) is 3.66. The maximum absolute atomic E-state index is 12.6. The van der Waals surface area contributed by atoms with E-state index in [1.807, 2.05) is 39.0 Å². The number of carbonyl (C=O) groups excluding carboxylic acids is 2. The van der Waals surface area contributed by atoms with Crippen LogP contribution in [0.5, 0.6) is 0 Å². The van der Waals surface area contributed by atoms with Crippen LogP contribution in [0.1, 0.15) is 29.4 Å². The molecule has 0 spiro atoms. The minimum absolute atomic E-state index is 0.0363. The van der Waals surface area contributed by atoms with Crippen molar-refractivity contribution < 1.29 is 14.5 Å². The zero-order valence-electron chi connectivity index (χ0n) is 19.4. The second-order valence-electron chi connectivity index (χ2n) is 7.78. The minimum atomic E-state index is -0.485. The molecule has 1 aromatic heterocycles. The SMILES string of the molecule is CCn1c(CC(=O)Nc2ccc(C)cc2C)nnc1SCC(=O)Nc1ccc(C)c([N+](=O)[O-])c1. The molecule has 0 bridgehead atoms. The molecule has 178 valence electrons. The number of rotatable bonds is 9. The van der Waals surface area contributed by atoms with Gasteiger partial charge in [-0.15, -0.1) is 10.2 Å². The second kappa shape index (κ2) is 10.9. The van der Waals surface area contributed by atoms with E-state index in [9.17, 15) is 19.7 Å². The Balaban J connectivity index is 1.60. The van der Waals surface area contributed by atoms with Gasteiger partial charge in [0.15, 0.2) is 5.16 Å². The number of thioether (sulfide) groups is 1. The van der Waals surface area contributed by atoms with E-state index in [-0.39, 0.29) is 29.7 Å². The number of nitrogens with one attached hydrogen (secondary N) is 2. The van der Waals surface area contributed by atoms with Crippen LogP contribution < -0.4 is 10.6 Å². The molecule has 0 saturated carbocycles. The van der Waals surface area contributed by atoms with Gasteiger partial charge in [0.2, 0.25) is 11.8 Å². The fourth-order valence-electron chi connectivity index (χ4n) is 3.38. The molecule has 0 aliphatic carbocycles. The molecule has 0 unspecified atom stereocenters. The first-order chi connectivity index (χ1) is 16.2. The molecule has 3 rings (SSSR count). The highest BCUT2D eigenvalue weighted by atomic mass is 32.2. The first-order valence-electron chi connectivity index (χ1n) is 10.6. The van der Waals surface area contributed by atoms with Gasteiger partial charge in [-0.3, -0.25) is 19.7 Å². The van der Waals surface area contributed by atoms with Crippen LogP contribution in [0.15, 0.2) is 41.6 Å². The smallest absolute Gasteiger partial charge is 0.274 e. The Labute approximate surface area is 201 Å². The molecule has 0 aliphatic heterocycles. The first-order valence-corrected chi connectivity index (χ1v) is 11.6. The molecule has 3 aromatic rings. The van der Waals surface area contributed by atoms with Crippen molar-refractivity contribution in [2.75, 3.05) is 16.4 Å². The van der Waals surface area contributed by atoms with Gasteiger partial charge in [0.25, 0.3) is 5.69 Å². The van der Waals surface area contributed by atoms with Crippen molar-refractivity contribution in [1.82, 2.24) is 14.8 Å². The van der Waals surface area contributed by atoms with E-state index in [1.54, 1.807) is 23.6 Å². The van der Waals surface area contributed by atoms with Gasteiger partial charge in [-0.25, -0.2) is 0 Å². The van der Waals surface area contributed by atoms with E-state index in [2.05, 4.69) is 20.8 Å². The molecule has 0 atom stereocenters. The Kier molecular flexibility index (Phi) is 8.00. The number of nitrogens with zero attached hydrogens (tertiary/aromatic N) is 4. The van der Waals surface area contributed by atoms with Crippen molar-refractivity contribution in [3.8, 4) is 0 Å². The summed E-state index contributed by atoms with van der Waals surface area (Å²) in [4.78, 5) is 35.5. The van der Waals surface area contributed by atoms with E-state index in [0.717, 1.165) is 16.8 Å². The molecule has 1 heterocycles. The largest absolute Gasteiger partial charge is 0.325 e. The number of carbonyl (C=O) groups is 2. The molecule has 0 aliphatic rings. The van der Waals surface area contributed by atoms with Crippen LogP contribution in [-0.2, 0) is 22.6 Å². The zero-order chi connectivity index (χ0) is 24.8. The van der Waals surface area contributed by atoms with E-state index in [0.29, 0.717) is 28.8 Å². The van der Waals surface area contributed by atoms with Crippen molar-refractivity contribution >= 4 is 40.6 Å². The molecule has 10 nitrogen and oxygen atoms in total. The molecule has 34 heavy (non-hydrogen) atoms. The Morgan fingerprint density at radius 2 is 1.79 bits per heavy atom. The number of aryl methyl sites for hydroxylation is 3. The quantitative estimate of drug-likeness (QED) is 0.267. The predicted octanol–water partition coefficient (Wildman–Crippen LogP) is 4.04. The zero-order valence-corrected chi connectivity index (χ0v) is 20.2. The third-order valence-corrected chi connectivity index (χ3v) is 6.07. The summed E-state index contributed by atoms with van der Waals surface area (Å²) in [5, 5.41) is 25.4. The average molecular weight is 483 g/mol. The normalized spacial score (nSPS) is 10.7. The van der Waals surface area contributed by atoms with Crippen molar-refractivity contribution in [1.29, 1.82) is 0 Å². The van der Waals surface area contributed by atoms with Crippen molar-refractivity contribution in [3.63, 3.8) is 0 Å². The summed E-state index contributed by atoms with van der Waals surface area (Å²) in [6.07, 6.45) is 0.0496. The number of hydrogen-bond donors (Lipinski definition) is 2. The summed E-state index contributed by atoms with van der Waals surface area (Å²) in [7, 11) is 0. The average Bonchev–Trinajstić information content (AvgIpc) is 3.16. The molecule has 2 amide bonds. The van der Waals surface area contributed by atoms with Crippen LogP contribution in [0.4, 0.5) is 17.1 Å². The fourth-order valence-corrected chi connectivity index (χ4v) is 4.20. The Morgan fingerprint density at radius 3 is 2.47 bits per heavy atom. The van der Waals surface area contributed by atoms with Gasteiger partial charge in [0.05, 0.1) is 17.1 Å². The number of anilines is 2. The Hall–Kier alpha value is -3.73. The van der Waals surface area contributed by atoms with Gasteiger partial charge in [-0.05, 0) is 45.4 Å². The van der Waals surface area contributed by atoms with E-state index >= 15 is 0 Å². The van der Waals surface area contributed by atoms with Crippen LogP contribution in [0, 0.1) is 30.9 Å². The highest BCUT2D eigenvalue weighted by Crippen LogP contribution is 2.23. The molecule has 0 radical (unpaired) electrons. The van der Waals surface area contributed by atoms with E-state index in [4.69, 9.17) is 0 Å².